The highest BCUT2D eigenvalue weighted by Gasteiger charge is 2.26. The van der Waals surface area contributed by atoms with Gasteiger partial charge in [-0.05, 0) is 32.4 Å². The van der Waals surface area contributed by atoms with E-state index in [-0.39, 0.29) is 28.0 Å². The second-order valence-corrected chi connectivity index (χ2v) is 6.24. The molecular weight excluding hydrogens is 334 g/mol. The fourth-order valence-electron chi connectivity index (χ4n) is 3.28. The summed E-state index contributed by atoms with van der Waals surface area (Å²) in [4.78, 5) is 29.4. The topological polar surface area (TPSA) is 118 Å². The first-order valence-electron chi connectivity index (χ1n) is 8.02. The summed E-state index contributed by atoms with van der Waals surface area (Å²) in [5, 5.41) is 0. The fourth-order valence-corrected chi connectivity index (χ4v) is 3.28. The summed E-state index contributed by atoms with van der Waals surface area (Å²) in [6, 6.07) is 3.70. The van der Waals surface area contributed by atoms with Gasteiger partial charge in [0.15, 0.2) is 0 Å². The summed E-state index contributed by atoms with van der Waals surface area (Å²) >= 11 is 0. The Morgan fingerprint density at radius 2 is 1.88 bits per heavy atom. The summed E-state index contributed by atoms with van der Waals surface area (Å²) in [6.07, 6.45) is 0. The predicted octanol–water partition coefficient (Wildman–Crippen LogP) is 1.34. The number of ether oxygens (including phenoxy) is 1. The van der Waals surface area contributed by atoms with Crippen molar-refractivity contribution in [2.45, 2.75) is 20.8 Å². The number of benzene rings is 1. The fraction of sp³-hybridized carbons (Fsp3) is 0.278. The molecular formula is C18H21N5O3. The number of carbonyl (C=O) groups excluding carboxylic acids is 1. The summed E-state index contributed by atoms with van der Waals surface area (Å²) < 4.78 is 8.36. The number of anilines is 1. The quantitative estimate of drug-likeness (QED) is 0.735. The molecule has 136 valence electrons. The molecule has 8 nitrogen and oxygen atoms in total. The number of amides is 1. The van der Waals surface area contributed by atoms with Crippen molar-refractivity contribution < 1.29 is 9.53 Å². The van der Waals surface area contributed by atoms with Gasteiger partial charge in [-0.1, -0.05) is 6.07 Å². The smallest absolute Gasteiger partial charge is 0.278 e. The number of primary amides is 1. The second kappa shape index (κ2) is 5.91. The van der Waals surface area contributed by atoms with E-state index >= 15 is 0 Å². The van der Waals surface area contributed by atoms with Gasteiger partial charge in [-0.15, -0.1) is 0 Å². The van der Waals surface area contributed by atoms with Gasteiger partial charge in [0.25, 0.3) is 11.5 Å². The van der Waals surface area contributed by atoms with E-state index in [4.69, 9.17) is 16.2 Å². The Morgan fingerprint density at radius 3 is 2.46 bits per heavy atom. The Bertz CT molecular complexity index is 1120. The van der Waals surface area contributed by atoms with Crippen molar-refractivity contribution in [3.63, 3.8) is 0 Å². The van der Waals surface area contributed by atoms with Gasteiger partial charge in [0, 0.05) is 12.6 Å². The highest BCUT2D eigenvalue weighted by molar-refractivity contribution is 6.10. The number of fused-ring (bicyclic) bond motifs is 1. The molecule has 3 aromatic rings. The van der Waals surface area contributed by atoms with Gasteiger partial charge in [-0.25, -0.2) is 4.98 Å². The molecule has 0 unspecified atom stereocenters. The van der Waals surface area contributed by atoms with E-state index in [1.165, 1.54) is 4.57 Å². The maximum atomic E-state index is 13.0. The van der Waals surface area contributed by atoms with Crippen LogP contribution in [0.1, 0.15) is 27.3 Å². The van der Waals surface area contributed by atoms with Crippen molar-refractivity contribution in [2.24, 2.45) is 12.8 Å². The van der Waals surface area contributed by atoms with Crippen molar-refractivity contribution in [1.82, 2.24) is 14.1 Å². The van der Waals surface area contributed by atoms with Gasteiger partial charge >= 0.3 is 0 Å². The van der Waals surface area contributed by atoms with Crippen LogP contribution in [0.25, 0.3) is 16.7 Å². The molecule has 26 heavy (non-hydrogen) atoms. The molecule has 4 N–H and O–H groups in total. The third-order valence-corrected chi connectivity index (χ3v) is 4.72. The molecule has 0 aliphatic carbocycles. The van der Waals surface area contributed by atoms with Gasteiger partial charge in [-0.3, -0.25) is 18.7 Å². The molecule has 2 heterocycles. The summed E-state index contributed by atoms with van der Waals surface area (Å²) in [6.45, 7) is 5.44. The zero-order valence-corrected chi connectivity index (χ0v) is 15.4. The van der Waals surface area contributed by atoms with Crippen LogP contribution < -0.4 is 21.8 Å². The molecule has 0 aliphatic rings. The average Bonchev–Trinajstić information content (AvgIpc) is 2.85. The van der Waals surface area contributed by atoms with Crippen molar-refractivity contribution in [3.05, 3.63) is 45.0 Å². The van der Waals surface area contributed by atoms with Crippen LogP contribution in [-0.2, 0) is 7.05 Å². The number of nitrogen functional groups attached to an aromatic ring is 1. The number of rotatable bonds is 3. The van der Waals surface area contributed by atoms with Crippen LogP contribution in [0.2, 0.25) is 0 Å². The number of carbonyl (C=O) groups is 1. The summed E-state index contributed by atoms with van der Waals surface area (Å²) in [7, 11) is 3.18. The van der Waals surface area contributed by atoms with Crippen LogP contribution in [0, 0.1) is 20.8 Å². The number of hydrogen-bond acceptors (Lipinski definition) is 5. The first-order chi connectivity index (χ1) is 12.2. The van der Waals surface area contributed by atoms with E-state index in [0.29, 0.717) is 17.3 Å². The second-order valence-electron chi connectivity index (χ2n) is 6.24. The molecule has 0 fully saturated rings. The molecule has 0 atom stereocenters. The third kappa shape index (κ3) is 2.26. The number of aromatic nitrogens is 3. The molecule has 0 saturated heterocycles. The van der Waals surface area contributed by atoms with Crippen molar-refractivity contribution in [1.29, 1.82) is 0 Å². The van der Waals surface area contributed by atoms with Crippen LogP contribution in [-0.4, -0.2) is 27.1 Å². The third-order valence-electron chi connectivity index (χ3n) is 4.72. The number of nitrogens with zero attached hydrogens (tertiary/aromatic N) is 3. The molecule has 2 aromatic heterocycles. The number of methoxy groups -OCH3 is 1. The standard InChI is InChI=1S/C18H21N5O3/c1-8-6-7-11(26-5)9(2)14(8)23-15-13(12(16(23)19)17(20)24)21-10(3)22(4)18(15)25/h6-7H,19H2,1-5H3,(H2,20,24). The van der Waals surface area contributed by atoms with Gasteiger partial charge in [-0.2, -0.15) is 0 Å². The monoisotopic (exact) mass is 355 g/mol. The minimum Gasteiger partial charge on any atom is -0.496 e. The van der Waals surface area contributed by atoms with E-state index in [9.17, 15) is 9.59 Å². The minimum absolute atomic E-state index is 0.0439. The Balaban J connectivity index is 2.62. The Morgan fingerprint density at radius 1 is 1.23 bits per heavy atom. The Hall–Kier alpha value is -3.29. The SMILES string of the molecule is COc1ccc(C)c(-n2c(N)c(C(N)=O)c3nc(C)n(C)c(=O)c32)c1C. The zero-order valence-electron chi connectivity index (χ0n) is 15.4. The molecule has 0 bridgehead atoms. The number of aryl methyl sites for hydroxylation is 2. The average molecular weight is 355 g/mol. The zero-order chi connectivity index (χ0) is 19.3. The lowest BCUT2D eigenvalue weighted by atomic mass is 10.1. The van der Waals surface area contributed by atoms with E-state index < -0.39 is 5.91 Å². The molecule has 0 spiro atoms. The molecule has 3 rings (SSSR count). The Kier molecular flexibility index (Phi) is 3.98. The summed E-state index contributed by atoms with van der Waals surface area (Å²) in [5.74, 6) is 0.456. The van der Waals surface area contributed by atoms with E-state index in [1.807, 2.05) is 26.0 Å². The molecule has 0 aliphatic heterocycles. The lowest BCUT2D eigenvalue weighted by Gasteiger charge is -2.17. The van der Waals surface area contributed by atoms with Gasteiger partial charge in [0.1, 0.15) is 34.0 Å². The number of nitrogens with two attached hydrogens (primary N) is 2. The maximum absolute atomic E-state index is 13.0. The highest BCUT2D eigenvalue weighted by atomic mass is 16.5. The maximum Gasteiger partial charge on any atom is 0.278 e. The molecule has 1 amide bonds. The molecule has 0 radical (unpaired) electrons. The lowest BCUT2D eigenvalue weighted by molar-refractivity contribution is 0.100. The van der Waals surface area contributed by atoms with Crippen LogP contribution in [0.15, 0.2) is 16.9 Å². The largest absolute Gasteiger partial charge is 0.496 e. The van der Waals surface area contributed by atoms with Gasteiger partial charge < -0.3 is 16.2 Å². The van der Waals surface area contributed by atoms with Gasteiger partial charge in [0.2, 0.25) is 0 Å². The minimum atomic E-state index is -0.732. The molecule has 0 saturated carbocycles. The van der Waals surface area contributed by atoms with Crippen molar-refractivity contribution >= 4 is 22.8 Å². The van der Waals surface area contributed by atoms with Gasteiger partial charge in [0.05, 0.1) is 12.8 Å². The summed E-state index contributed by atoms with van der Waals surface area (Å²) in [5.41, 5.74) is 14.3. The molecule has 1 aromatic carbocycles. The first-order valence-corrected chi connectivity index (χ1v) is 8.02. The van der Waals surface area contributed by atoms with Crippen LogP contribution in [0.5, 0.6) is 5.75 Å². The van der Waals surface area contributed by atoms with E-state index in [2.05, 4.69) is 4.98 Å². The highest BCUT2D eigenvalue weighted by Crippen LogP contribution is 2.34. The Labute approximate surface area is 150 Å². The molecule has 8 heteroatoms. The van der Waals surface area contributed by atoms with Crippen LogP contribution in [0.3, 0.4) is 0 Å². The number of hydrogen-bond donors (Lipinski definition) is 2. The predicted molar refractivity (Wildman–Crippen MR) is 100 cm³/mol. The van der Waals surface area contributed by atoms with Crippen LogP contribution >= 0.6 is 0 Å². The van der Waals surface area contributed by atoms with Crippen molar-refractivity contribution in [2.75, 3.05) is 12.8 Å². The van der Waals surface area contributed by atoms with E-state index in [0.717, 1.165) is 11.1 Å². The first kappa shape index (κ1) is 17.5. The van der Waals surface area contributed by atoms with Crippen molar-refractivity contribution in [3.8, 4) is 11.4 Å². The normalized spacial score (nSPS) is 11.1. The van der Waals surface area contributed by atoms with E-state index in [1.54, 1.807) is 25.6 Å². The lowest BCUT2D eigenvalue weighted by Crippen LogP contribution is -2.23. The van der Waals surface area contributed by atoms with Crippen LogP contribution in [0.4, 0.5) is 5.82 Å².